The van der Waals surface area contributed by atoms with E-state index >= 15 is 0 Å². The fraction of sp³-hybridized carbons (Fsp3) is 0.250. The summed E-state index contributed by atoms with van der Waals surface area (Å²) in [5.41, 5.74) is -1.28. The minimum absolute atomic E-state index is 0.135. The second kappa shape index (κ2) is 4.87. The highest BCUT2D eigenvalue weighted by atomic mass is 19.1. The van der Waals surface area contributed by atoms with Crippen molar-refractivity contribution in [3.63, 3.8) is 0 Å². The van der Waals surface area contributed by atoms with Crippen LogP contribution in [-0.2, 0) is 9.59 Å². The lowest BCUT2D eigenvalue weighted by molar-refractivity contribution is -0.139. The van der Waals surface area contributed by atoms with Crippen LogP contribution < -0.4 is 5.32 Å². The first-order valence-electron chi connectivity index (χ1n) is 5.57. The van der Waals surface area contributed by atoms with Crippen LogP contribution in [0.15, 0.2) is 12.1 Å². The van der Waals surface area contributed by atoms with Gasteiger partial charge in [0.2, 0.25) is 5.91 Å². The average Bonchev–Trinajstić information content (AvgIpc) is 3.12. The van der Waals surface area contributed by atoms with Crippen molar-refractivity contribution in [3.05, 3.63) is 29.3 Å². The molecule has 2 atom stereocenters. The Morgan fingerprint density at radius 3 is 2.25 bits per heavy atom. The van der Waals surface area contributed by atoms with Gasteiger partial charge in [0.05, 0.1) is 23.1 Å². The van der Waals surface area contributed by atoms with Crippen molar-refractivity contribution >= 4 is 23.5 Å². The first-order chi connectivity index (χ1) is 9.31. The molecule has 1 aromatic carbocycles. The van der Waals surface area contributed by atoms with Gasteiger partial charge in [-0.2, -0.15) is 0 Å². The monoisotopic (exact) mass is 285 g/mol. The number of aliphatic carboxylic acids is 1. The summed E-state index contributed by atoms with van der Waals surface area (Å²) < 4.78 is 26.6. The van der Waals surface area contributed by atoms with Gasteiger partial charge in [-0.3, -0.25) is 9.59 Å². The van der Waals surface area contributed by atoms with Crippen molar-refractivity contribution in [2.45, 2.75) is 6.42 Å². The zero-order valence-corrected chi connectivity index (χ0v) is 9.89. The summed E-state index contributed by atoms with van der Waals surface area (Å²) in [6.45, 7) is 0. The second-order valence-corrected chi connectivity index (χ2v) is 4.39. The molecule has 20 heavy (non-hydrogen) atoms. The summed E-state index contributed by atoms with van der Waals surface area (Å²) in [5.74, 6) is -7.47. The van der Waals surface area contributed by atoms with E-state index in [1.807, 2.05) is 0 Å². The van der Waals surface area contributed by atoms with Crippen molar-refractivity contribution in [3.8, 4) is 0 Å². The fourth-order valence-corrected chi connectivity index (χ4v) is 1.79. The highest BCUT2D eigenvalue weighted by Gasteiger charge is 2.48. The van der Waals surface area contributed by atoms with E-state index in [1.165, 1.54) is 0 Å². The molecular weight excluding hydrogens is 276 g/mol. The van der Waals surface area contributed by atoms with E-state index < -0.39 is 52.6 Å². The SMILES string of the molecule is O=C(O)c1cc(NC(=O)[C@@H]2C[C@@H]2C(=O)O)c(F)cc1F. The van der Waals surface area contributed by atoms with E-state index in [2.05, 4.69) is 5.32 Å². The van der Waals surface area contributed by atoms with Crippen molar-refractivity contribution in [1.29, 1.82) is 0 Å². The average molecular weight is 285 g/mol. The number of carboxylic acid groups (broad SMARTS) is 2. The van der Waals surface area contributed by atoms with Crippen LogP contribution >= 0.6 is 0 Å². The summed E-state index contributed by atoms with van der Waals surface area (Å²) in [6, 6.07) is 1.00. The van der Waals surface area contributed by atoms with Gasteiger partial charge in [0.15, 0.2) is 0 Å². The molecule has 1 fully saturated rings. The van der Waals surface area contributed by atoms with Crippen LogP contribution in [0.3, 0.4) is 0 Å². The molecule has 8 heteroatoms. The lowest BCUT2D eigenvalue weighted by Crippen LogP contribution is -2.18. The molecule has 0 aliphatic heterocycles. The van der Waals surface area contributed by atoms with Gasteiger partial charge in [0.1, 0.15) is 11.6 Å². The first-order valence-corrected chi connectivity index (χ1v) is 5.57. The van der Waals surface area contributed by atoms with E-state index in [-0.39, 0.29) is 6.42 Å². The Morgan fingerprint density at radius 1 is 1.10 bits per heavy atom. The molecule has 1 aliphatic rings. The lowest BCUT2D eigenvalue weighted by Gasteiger charge is -2.07. The Balaban J connectivity index is 2.18. The van der Waals surface area contributed by atoms with Crippen LogP contribution in [0.1, 0.15) is 16.8 Å². The van der Waals surface area contributed by atoms with E-state index in [9.17, 15) is 23.2 Å². The number of anilines is 1. The van der Waals surface area contributed by atoms with Gasteiger partial charge < -0.3 is 15.5 Å². The fourth-order valence-electron chi connectivity index (χ4n) is 1.79. The Hall–Kier alpha value is -2.51. The highest BCUT2D eigenvalue weighted by molar-refractivity contribution is 5.99. The summed E-state index contributed by atoms with van der Waals surface area (Å²) in [5, 5.41) is 19.4. The summed E-state index contributed by atoms with van der Waals surface area (Å²) in [4.78, 5) is 32.9. The number of rotatable bonds is 4. The maximum atomic E-state index is 13.4. The van der Waals surface area contributed by atoms with Gasteiger partial charge in [-0.15, -0.1) is 0 Å². The first kappa shape index (κ1) is 13.9. The maximum absolute atomic E-state index is 13.4. The third kappa shape index (κ3) is 2.58. The van der Waals surface area contributed by atoms with Crippen LogP contribution in [0.2, 0.25) is 0 Å². The topological polar surface area (TPSA) is 104 Å². The molecule has 0 aromatic heterocycles. The lowest BCUT2D eigenvalue weighted by atomic mass is 10.1. The van der Waals surface area contributed by atoms with Crippen LogP contribution in [0.4, 0.5) is 14.5 Å². The molecule has 3 N–H and O–H groups in total. The Morgan fingerprint density at radius 2 is 1.75 bits per heavy atom. The van der Waals surface area contributed by atoms with Gasteiger partial charge in [0, 0.05) is 6.07 Å². The summed E-state index contributed by atoms with van der Waals surface area (Å²) >= 11 is 0. The van der Waals surface area contributed by atoms with Crippen LogP contribution in [0, 0.1) is 23.5 Å². The van der Waals surface area contributed by atoms with Crippen molar-refractivity contribution < 1.29 is 33.4 Å². The van der Waals surface area contributed by atoms with Gasteiger partial charge in [-0.05, 0) is 12.5 Å². The number of carbonyl (C=O) groups is 3. The van der Waals surface area contributed by atoms with E-state index in [0.717, 1.165) is 0 Å². The van der Waals surface area contributed by atoms with E-state index in [0.29, 0.717) is 12.1 Å². The van der Waals surface area contributed by atoms with Crippen LogP contribution in [0.5, 0.6) is 0 Å². The number of aromatic carboxylic acids is 1. The molecule has 0 radical (unpaired) electrons. The van der Waals surface area contributed by atoms with Gasteiger partial charge in [-0.25, -0.2) is 13.6 Å². The molecule has 2 rings (SSSR count). The smallest absolute Gasteiger partial charge is 0.338 e. The van der Waals surface area contributed by atoms with Crippen LogP contribution in [0.25, 0.3) is 0 Å². The molecule has 1 saturated carbocycles. The second-order valence-electron chi connectivity index (χ2n) is 4.39. The molecule has 1 amide bonds. The molecule has 0 bridgehead atoms. The maximum Gasteiger partial charge on any atom is 0.338 e. The number of carbonyl (C=O) groups excluding carboxylic acids is 1. The molecule has 6 nitrogen and oxygen atoms in total. The van der Waals surface area contributed by atoms with Gasteiger partial charge in [0.25, 0.3) is 0 Å². The highest BCUT2D eigenvalue weighted by Crippen LogP contribution is 2.39. The molecule has 106 valence electrons. The van der Waals surface area contributed by atoms with E-state index in [4.69, 9.17) is 10.2 Å². The molecule has 1 aliphatic carbocycles. The molecule has 0 saturated heterocycles. The molecular formula is C12H9F2NO5. The number of hydrogen-bond donors (Lipinski definition) is 3. The van der Waals surface area contributed by atoms with Gasteiger partial charge in [-0.1, -0.05) is 0 Å². The van der Waals surface area contributed by atoms with E-state index in [1.54, 1.807) is 0 Å². The van der Waals surface area contributed by atoms with Crippen molar-refractivity contribution in [1.82, 2.24) is 0 Å². The number of amides is 1. The number of benzene rings is 1. The minimum Gasteiger partial charge on any atom is -0.481 e. The van der Waals surface area contributed by atoms with Crippen molar-refractivity contribution in [2.75, 3.05) is 5.32 Å². The third-order valence-electron chi connectivity index (χ3n) is 2.99. The normalized spacial score (nSPS) is 20.3. The van der Waals surface area contributed by atoms with Gasteiger partial charge >= 0.3 is 11.9 Å². The Bertz CT molecular complexity index is 616. The Kier molecular flexibility index (Phi) is 3.39. The largest absolute Gasteiger partial charge is 0.481 e. The standard InChI is InChI=1S/C12H9F2NO5/c13-7-3-8(14)9(2-6(7)12(19)20)15-10(16)4-1-5(4)11(17)18/h2-5H,1H2,(H,15,16)(H,17,18)(H,19,20)/t4-,5+/m1/s1. The minimum atomic E-state index is -1.60. The molecule has 1 aromatic rings. The predicted molar refractivity (Wildman–Crippen MR) is 61.2 cm³/mol. The quantitative estimate of drug-likeness (QED) is 0.774. The molecule has 0 unspecified atom stereocenters. The Labute approximate surface area is 111 Å². The summed E-state index contributed by atoms with van der Waals surface area (Å²) in [7, 11) is 0. The van der Waals surface area contributed by atoms with Crippen LogP contribution in [-0.4, -0.2) is 28.1 Å². The molecule has 0 heterocycles. The third-order valence-corrected chi connectivity index (χ3v) is 2.99. The number of halogens is 2. The number of carboxylic acids is 2. The zero-order valence-electron chi connectivity index (χ0n) is 9.89. The number of hydrogen-bond acceptors (Lipinski definition) is 3. The zero-order chi connectivity index (χ0) is 15.0. The number of nitrogens with one attached hydrogen (secondary N) is 1. The molecule has 0 spiro atoms. The van der Waals surface area contributed by atoms with Crippen molar-refractivity contribution in [2.24, 2.45) is 11.8 Å². The summed E-state index contributed by atoms with van der Waals surface area (Å²) in [6.07, 6.45) is 0.135. The predicted octanol–water partition coefficient (Wildman–Crippen LogP) is 1.32.